The average Bonchev–Trinajstić information content (AvgIpc) is 2.96. The van der Waals surface area contributed by atoms with E-state index in [4.69, 9.17) is 5.11 Å². The normalized spacial score (nSPS) is 20.2. The van der Waals surface area contributed by atoms with E-state index in [2.05, 4.69) is 22.3 Å². The molecule has 0 amide bonds. The van der Waals surface area contributed by atoms with Crippen molar-refractivity contribution in [3.05, 3.63) is 23.8 Å². The molecule has 1 aromatic heterocycles. The highest BCUT2D eigenvalue weighted by atomic mass is 16.4. The number of hydrogen-bond donors (Lipinski definition) is 1. The number of carboxylic acid groups (broad SMARTS) is 1. The molecule has 0 spiro atoms. The lowest BCUT2D eigenvalue weighted by atomic mass is 10.1. The van der Waals surface area contributed by atoms with Gasteiger partial charge in [0.2, 0.25) is 0 Å². The Hall–Kier alpha value is -1.95. The number of benzene rings is 1. The maximum atomic E-state index is 10.9. The zero-order valence-corrected chi connectivity index (χ0v) is 10.8. The van der Waals surface area contributed by atoms with Crippen molar-refractivity contribution in [3.8, 4) is 0 Å². The topological polar surface area (TPSA) is 71.2 Å². The highest BCUT2D eigenvalue weighted by Crippen LogP contribution is 2.19. The molecule has 1 fully saturated rings. The van der Waals surface area contributed by atoms with Gasteiger partial charge in [-0.1, -0.05) is 5.21 Å². The third kappa shape index (κ3) is 2.31. The minimum Gasteiger partial charge on any atom is -0.478 e. The molecule has 1 aromatic carbocycles. The predicted octanol–water partition coefficient (Wildman–Crippen LogP) is 1.08. The Morgan fingerprint density at radius 2 is 2.37 bits per heavy atom. The molecule has 2 heterocycles. The summed E-state index contributed by atoms with van der Waals surface area (Å²) in [6.07, 6.45) is 1.17. The Morgan fingerprint density at radius 1 is 1.53 bits per heavy atom. The fourth-order valence-corrected chi connectivity index (χ4v) is 2.66. The lowest BCUT2D eigenvalue weighted by molar-refractivity contribution is 0.0697. The zero-order valence-electron chi connectivity index (χ0n) is 10.8. The van der Waals surface area contributed by atoms with E-state index >= 15 is 0 Å². The minimum atomic E-state index is -0.936. The van der Waals surface area contributed by atoms with Crippen LogP contribution in [0.4, 0.5) is 0 Å². The van der Waals surface area contributed by atoms with Crippen LogP contribution in [0, 0.1) is 5.92 Å². The molecule has 1 N–H and O–H groups in total. The van der Waals surface area contributed by atoms with Gasteiger partial charge in [0.05, 0.1) is 11.1 Å². The molecular weight excluding hydrogens is 244 g/mol. The first-order valence-electron chi connectivity index (χ1n) is 6.38. The molecule has 1 saturated heterocycles. The number of hydrogen-bond acceptors (Lipinski definition) is 4. The molecule has 1 atom stereocenters. The van der Waals surface area contributed by atoms with Gasteiger partial charge in [-0.25, -0.2) is 9.48 Å². The SMILES string of the molecule is CN1CCC(Cn2nnc3cc(C(=O)O)ccc32)C1. The van der Waals surface area contributed by atoms with E-state index in [1.165, 1.54) is 6.42 Å². The minimum absolute atomic E-state index is 0.250. The second-order valence-corrected chi connectivity index (χ2v) is 5.20. The molecule has 0 bridgehead atoms. The van der Waals surface area contributed by atoms with Crippen molar-refractivity contribution in [2.45, 2.75) is 13.0 Å². The lowest BCUT2D eigenvalue weighted by Gasteiger charge is -2.10. The lowest BCUT2D eigenvalue weighted by Crippen LogP contribution is -2.17. The van der Waals surface area contributed by atoms with Gasteiger partial charge in [0.1, 0.15) is 5.52 Å². The molecule has 0 radical (unpaired) electrons. The summed E-state index contributed by atoms with van der Waals surface area (Å²) in [6.45, 7) is 3.04. The van der Waals surface area contributed by atoms with E-state index in [1.54, 1.807) is 18.2 Å². The fourth-order valence-electron chi connectivity index (χ4n) is 2.66. The van der Waals surface area contributed by atoms with E-state index in [9.17, 15) is 4.79 Å². The molecule has 2 aromatic rings. The van der Waals surface area contributed by atoms with Crippen LogP contribution in [-0.2, 0) is 6.54 Å². The van der Waals surface area contributed by atoms with Gasteiger partial charge in [-0.15, -0.1) is 5.10 Å². The molecule has 19 heavy (non-hydrogen) atoms. The standard InChI is InChI=1S/C13H16N4O2/c1-16-5-4-9(7-16)8-17-12-3-2-10(13(18)19)6-11(12)14-15-17/h2-3,6,9H,4-5,7-8H2,1H3,(H,18,19). The number of carboxylic acids is 1. The summed E-state index contributed by atoms with van der Waals surface area (Å²) < 4.78 is 1.88. The predicted molar refractivity (Wildman–Crippen MR) is 70.1 cm³/mol. The number of carbonyl (C=O) groups is 1. The summed E-state index contributed by atoms with van der Waals surface area (Å²) in [5.74, 6) is -0.345. The highest BCUT2D eigenvalue weighted by Gasteiger charge is 2.21. The van der Waals surface area contributed by atoms with Crippen LogP contribution in [0.5, 0.6) is 0 Å². The Bertz CT molecular complexity index is 622. The van der Waals surface area contributed by atoms with Crippen molar-refractivity contribution >= 4 is 17.0 Å². The van der Waals surface area contributed by atoms with Gasteiger partial charge in [0, 0.05) is 13.1 Å². The van der Waals surface area contributed by atoms with Gasteiger partial charge >= 0.3 is 5.97 Å². The first-order chi connectivity index (χ1) is 9.13. The summed E-state index contributed by atoms with van der Waals surface area (Å²) in [4.78, 5) is 13.2. The Kier molecular flexibility index (Phi) is 2.94. The zero-order chi connectivity index (χ0) is 13.4. The van der Waals surface area contributed by atoms with Crippen LogP contribution in [0.25, 0.3) is 11.0 Å². The molecule has 3 rings (SSSR count). The van der Waals surface area contributed by atoms with Crippen LogP contribution in [0.1, 0.15) is 16.8 Å². The number of aromatic carboxylic acids is 1. The second-order valence-electron chi connectivity index (χ2n) is 5.20. The van der Waals surface area contributed by atoms with Crippen molar-refractivity contribution < 1.29 is 9.90 Å². The van der Waals surface area contributed by atoms with Gasteiger partial charge in [0.25, 0.3) is 0 Å². The summed E-state index contributed by atoms with van der Waals surface area (Å²) in [6, 6.07) is 4.96. The molecule has 100 valence electrons. The van der Waals surface area contributed by atoms with Crippen LogP contribution >= 0.6 is 0 Å². The van der Waals surface area contributed by atoms with E-state index in [1.807, 2.05) is 4.68 Å². The summed E-state index contributed by atoms with van der Waals surface area (Å²) in [5, 5.41) is 17.1. The quantitative estimate of drug-likeness (QED) is 0.894. The second kappa shape index (κ2) is 4.62. The van der Waals surface area contributed by atoms with E-state index in [0.717, 1.165) is 25.2 Å². The third-order valence-corrected chi connectivity index (χ3v) is 3.68. The fraction of sp³-hybridized carbons (Fsp3) is 0.462. The smallest absolute Gasteiger partial charge is 0.335 e. The van der Waals surface area contributed by atoms with Crippen molar-refractivity contribution in [3.63, 3.8) is 0 Å². The van der Waals surface area contributed by atoms with E-state index < -0.39 is 5.97 Å². The number of nitrogens with zero attached hydrogens (tertiary/aromatic N) is 4. The Labute approximate surface area is 110 Å². The van der Waals surface area contributed by atoms with Crippen molar-refractivity contribution in [2.75, 3.05) is 20.1 Å². The van der Waals surface area contributed by atoms with Gasteiger partial charge in [0.15, 0.2) is 0 Å². The van der Waals surface area contributed by atoms with Crippen molar-refractivity contribution in [1.82, 2.24) is 19.9 Å². The number of likely N-dealkylation sites (tertiary alicyclic amines) is 1. The molecule has 1 aliphatic rings. The van der Waals surface area contributed by atoms with Crippen LogP contribution in [-0.4, -0.2) is 51.1 Å². The van der Waals surface area contributed by atoms with Gasteiger partial charge in [-0.3, -0.25) is 0 Å². The monoisotopic (exact) mass is 260 g/mol. The molecular formula is C13H16N4O2. The largest absolute Gasteiger partial charge is 0.478 e. The molecule has 6 nitrogen and oxygen atoms in total. The highest BCUT2D eigenvalue weighted by molar-refractivity contribution is 5.92. The van der Waals surface area contributed by atoms with E-state index in [-0.39, 0.29) is 5.56 Å². The first-order valence-corrected chi connectivity index (χ1v) is 6.38. The maximum absolute atomic E-state index is 10.9. The maximum Gasteiger partial charge on any atom is 0.335 e. The number of fused-ring (bicyclic) bond motifs is 1. The summed E-state index contributed by atoms with van der Waals surface area (Å²) in [5.41, 5.74) is 1.80. The van der Waals surface area contributed by atoms with Gasteiger partial charge in [-0.05, 0) is 44.1 Å². The molecule has 0 saturated carbocycles. The summed E-state index contributed by atoms with van der Waals surface area (Å²) >= 11 is 0. The molecule has 0 aliphatic carbocycles. The molecule has 6 heteroatoms. The van der Waals surface area contributed by atoms with Crippen LogP contribution in [0.2, 0.25) is 0 Å². The van der Waals surface area contributed by atoms with Gasteiger partial charge < -0.3 is 10.0 Å². The third-order valence-electron chi connectivity index (χ3n) is 3.68. The van der Waals surface area contributed by atoms with Crippen LogP contribution in [0.15, 0.2) is 18.2 Å². The van der Waals surface area contributed by atoms with E-state index in [0.29, 0.717) is 11.4 Å². The van der Waals surface area contributed by atoms with Crippen molar-refractivity contribution in [1.29, 1.82) is 0 Å². The Morgan fingerprint density at radius 3 is 3.05 bits per heavy atom. The molecule has 1 unspecified atom stereocenters. The number of aromatic nitrogens is 3. The number of rotatable bonds is 3. The van der Waals surface area contributed by atoms with Crippen LogP contribution < -0.4 is 0 Å². The first kappa shape index (κ1) is 12.1. The van der Waals surface area contributed by atoms with Crippen molar-refractivity contribution in [2.24, 2.45) is 5.92 Å². The average molecular weight is 260 g/mol. The van der Waals surface area contributed by atoms with Crippen LogP contribution in [0.3, 0.4) is 0 Å². The van der Waals surface area contributed by atoms with Gasteiger partial charge in [-0.2, -0.15) is 0 Å². The Balaban J connectivity index is 1.86. The summed E-state index contributed by atoms with van der Waals surface area (Å²) in [7, 11) is 2.12. The molecule has 1 aliphatic heterocycles.